The molecule has 164 valence electrons. The van der Waals surface area contributed by atoms with Crippen LogP contribution in [0.3, 0.4) is 0 Å². The average Bonchev–Trinajstić information content (AvgIpc) is 3.21. The van der Waals surface area contributed by atoms with Gasteiger partial charge in [0.1, 0.15) is 5.82 Å². The zero-order valence-corrected chi connectivity index (χ0v) is 17.4. The molecule has 0 saturated carbocycles. The van der Waals surface area contributed by atoms with Crippen LogP contribution in [0.1, 0.15) is 29.1 Å². The highest BCUT2D eigenvalue weighted by molar-refractivity contribution is 7.09. The standard InChI is InChI=1S/C20H24F4N4OS/c1-25-18(26-9-6-17-28-16(12-30-17)20(22,23)24)27-13-19(7-10-29-11-8-19)14-2-4-15(21)5-3-14/h2-5,12H,6-11,13H2,1H3,(H2,25,26,27). The number of aromatic nitrogens is 1. The number of nitrogens with zero attached hydrogens (tertiary/aromatic N) is 2. The fourth-order valence-electron chi connectivity index (χ4n) is 3.45. The largest absolute Gasteiger partial charge is 0.434 e. The highest BCUT2D eigenvalue weighted by Crippen LogP contribution is 2.34. The van der Waals surface area contributed by atoms with Crippen molar-refractivity contribution in [1.82, 2.24) is 15.6 Å². The van der Waals surface area contributed by atoms with Gasteiger partial charge in [0.2, 0.25) is 0 Å². The Morgan fingerprint density at radius 3 is 2.50 bits per heavy atom. The van der Waals surface area contributed by atoms with E-state index in [2.05, 4.69) is 20.6 Å². The molecular weight excluding hydrogens is 420 g/mol. The molecule has 0 bridgehead atoms. The highest BCUT2D eigenvalue weighted by Gasteiger charge is 2.35. The number of ether oxygens (including phenoxy) is 1. The normalized spacial score (nSPS) is 17.0. The number of halogens is 4. The molecule has 2 N–H and O–H groups in total. The van der Waals surface area contributed by atoms with Crippen molar-refractivity contribution < 1.29 is 22.3 Å². The van der Waals surface area contributed by atoms with E-state index in [0.29, 0.717) is 43.7 Å². The van der Waals surface area contributed by atoms with Crippen molar-refractivity contribution in [1.29, 1.82) is 0 Å². The van der Waals surface area contributed by atoms with E-state index in [-0.39, 0.29) is 11.2 Å². The second-order valence-corrected chi connectivity index (χ2v) is 8.07. The fraction of sp³-hybridized carbons (Fsp3) is 0.500. The van der Waals surface area contributed by atoms with Crippen LogP contribution in [0.15, 0.2) is 34.6 Å². The fourth-order valence-corrected chi connectivity index (χ4v) is 4.26. The summed E-state index contributed by atoms with van der Waals surface area (Å²) in [7, 11) is 1.63. The van der Waals surface area contributed by atoms with E-state index in [4.69, 9.17) is 4.74 Å². The van der Waals surface area contributed by atoms with Gasteiger partial charge in [-0.1, -0.05) is 12.1 Å². The number of nitrogens with one attached hydrogen (secondary N) is 2. The van der Waals surface area contributed by atoms with Crippen LogP contribution in [0, 0.1) is 5.82 Å². The van der Waals surface area contributed by atoms with Crippen LogP contribution in [-0.2, 0) is 22.7 Å². The van der Waals surface area contributed by atoms with E-state index in [1.165, 1.54) is 12.1 Å². The summed E-state index contributed by atoms with van der Waals surface area (Å²) < 4.78 is 56.8. The Hall–Kier alpha value is -2.20. The molecule has 0 unspecified atom stereocenters. The minimum Gasteiger partial charge on any atom is -0.381 e. The number of guanidine groups is 1. The van der Waals surface area contributed by atoms with Crippen molar-refractivity contribution in [2.75, 3.05) is 33.4 Å². The lowest BCUT2D eigenvalue weighted by Crippen LogP contribution is -2.48. The second-order valence-electron chi connectivity index (χ2n) is 7.13. The Labute approximate surface area is 176 Å². The lowest BCUT2D eigenvalue weighted by Gasteiger charge is -2.38. The predicted molar refractivity (Wildman–Crippen MR) is 108 cm³/mol. The molecule has 0 amide bonds. The van der Waals surface area contributed by atoms with Crippen molar-refractivity contribution in [2.45, 2.75) is 30.9 Å². The summed E-state index contributed by atoms with van der Waals surface area (Å²) >= 11 is 0.994. The van der Waals surface area contributed by atoms with Crippen LogP contribution in [0.4, 0.5) is 17.6 Å². The Morgan fingerprint density at radius 2 is 1.90 bits per heavy atom. The van der Waals surface area contributed by atoms with Gasteiger partial charge in [-0.3, -0.25) is 4.99 Å². The molecule has 1 saturated heterocycles. The number of rotatable bonds is 6. The van der Waals surface area contributed by atoms with Gasteiger partial charge >= 0.3 is 6.18 Å². The predicted octanol–water partition coefficient (Wildman–Crippen LogP) is 3.76. The number of alkyl halides is 3. The molecule has 3 rings (SSSR count). The van der Waals surface area contributed by atoms with Crippen molar-refractivity contribution in [3.8, 4) is 0 Å². The monoisotopic (exact) mass is 444 g/mol. The molecule has 30 heavy (non-hydrogen) atoms. The van der Waals surface area contributed by atoms with Crippen LogP contribution in [0.25, 0.3) is 0 Å². The molecule has 2 aromatic rings. The van der Waals surface area contributed by atoms with Gasteiger partial charge in [0.15, 0.2) is 11.7 Å². The highest BCUT2D eigenvalue weighted by atomic mass is 32.1. The maximum atomic E-state index is 13.4. The zero-order valence-electron chi connectivity index (χ0n) is 16.6. The van der Waals surface area contributed by atoms with Crippen LogP contribution >= 0.6 is 11.3 Å². The quantitative estimate of drug-likeness (QED) is 0.405. The van der Waals surface area contributed by atoms with Gasteiger partial charge in [-0.15, -0.1) is 11.3 Å². The van der Waals surface area contributed by atoms with Crippen molar-refractivity contribution in [2.24, 2.45) is 4.99 Å². The van der Waals surface area contributed by atoms with Gasteiger partial charge in [-0.2, -0.15) is 13.2 Å². The molecule has 0 atom stereocenters. The van der Waals surface area contributed by atoms with E-state index in [1.807, 2.05) is 0 Å². The Balaban J connectivity index is 1.56. The molecule has 0 radical (unpaired) electrons. The first-order chi connectivity index (χ1) is 14.3. The summed E-state index contributed by atoms with van der Waals surface area (Å²) in [5, 5.41) is 7.86. The summed E-state index contributed by atoms with van der Waals surface area (Å²) in [6, 6.07) is 6.53. The van der Waals surface area contributed by atoms with Crippen molar-refractivity contribution in [3.63, 3.8) is 0 Å². The summed E-state index contributed by atoms with van der Waals surface area (Å²) in [6.45, 7) is 2.22. The molecule has 2 heterocycles. The molecule has 0 aliphatic carbocycles. The van der Waals surface area contributed by atoms with Crippen LogP contribution < -0.4 is 10.6 Å². The van der Waals surface area contributed by atoms with E-state index in [1.54, 1.807) is 19.2 Å². The van der Waals surface area contributed by atoms with Gasteiger partial charge in [-0.25, -0.2) is 9.37 Å². The van der Waals surface area contributed by atoms with Crippen molar-refractivity contribution >= 4 is 17.3 Å². The van der Waals surface area contributed by atoms with Crippen LogP contribution in [0.2, 0.25) is 0 Å². The third kappa shape index (κ3) is 5.69. The van der Waals surface area contributed by atoms with Crippen LogP contribution in [0.5, 0.6) is 0 Å². The lowest BCUT2D eigenvalue weighted by molar-refractivity contribution is -0.140. The number of benzene rings is 1. The summed E-state index contributed by atoms with van der Waals surface area (Å²) in [5.74, 6) is 0.276. The molecule has 1 aromatic carbocycles. The summed E-state index contributed by atoms with van der Waals surface area (Å²) in [6.07, 6.45) is -2.47. The molecule has 10 heteroatoms. The molecule has 1 fully saturated rings. The smallest absolute Gasteiger partial charge is 0.381 e. The first-order valence-corrected chi connectivity index (χ1v) is 10.5. The number of hydrogen-bond donors (Lipinski definition) is 2. The lowest BCUT2D eigenvalue weighted by atomic mass is 9.74. The van der Waals surface area contributed by atoms with E-state index in [0.717, 1.165) is 35.1 Å². The zero-order chi connectivity index (χ0) is 21.6. The first kappa shape index (κ1) is 22.5. The Kier molecular flexibility index (Phi) is 7.30. The molecule has 0 spiro atoms. The van der Waals surface area contributed by atoms with E-state index >= 15 is 0 Å². The van der Waals surface area contributed by atoms with Crippen LogP contribution in [-0.4, -0.2) is 44.3 Å². The first-order valence-electron chi connectivity index (χ1n) is 9.62. The molecule has 5 nitrogen and oxygen atoms in total. The topological polar surface area (TPSA) is 58.5 Å². The maximum absolute atomic E-state index is 13.4. The van der Waals surface area contributed by atoms with Gasteiger partial charge in [0.05, 0.1) is 5.01 Å². The molecule has 1 aliphatic rings. The van der Waals surface area contributed by atoms with Gasteiger partial charge in [-0.05, 0) is 30.5 Å². The minimum atomic E-state index is -4.42. The second kappa shape index (κ2) is 9.74. The Bertz CT molecular complexity index is 845. The van der Waals surface area contributed by atoms with Crippen molar-refractivity contribution in [3.05, 3.63) is 51.7 Å². The Morgan fingerprint density at radius 1 is 1.20 bits per heavy atom. The maximum Gasteiger partial charge on any atom is 0.434 e. The third-order valence-corrected chi connectivity index (χ3v) is 6.11. The number of aliphatic imine (C=N–C) groups is 1. The summed E-state index contributed by atoms with van der Waals surface area (Å²) in [4.78, 5) is 7.82. The molecule has 1 aromatic heterocycles. The average molecular weight is 444 g/mol. The SMILES string of the molecule is CN=C(NCCc1nc(C(F)(F)F)cs1)NCC1(c2ccc(F)cc2)CCOCC1. The minimum absolute atomic E-state index is 0.208. The summed E-state index contributed by atoms with van der Waals surface area (Å²) in [5.41, 5.74) is -0.0242. The molecule has 1 aliphatic heterocycles. The van der Waals surface area contributed by atoms with E-state index in [9.17, 15) is 17.6 Å². The number of thiazole rings is 1. The van der Waals surface area contributed by atoms with Gasteiger partial charge < -0.3 is 15.4 Å². The molecular formula is C20H24F4N4OS. The van der Waals surface area contributed by atoms with E-state index < -0.39 is 11.9 Å². The van der Waals surface area contributed by atoms with Gasteiger partial charge in [0, 0.05) is 50.6 Å². The van der Waals surface area contributed by atoms with Gasteiger partial charge in [0.25, 0.3) is 0 Å². The third-order valence-electron chi connectivity index (χ3n) is 5.20. The number of hydrogen-bond acceptors (Lipinski definition) is 4.